The number of nitrogens with one attached hydrogen (secondary N) is 1. The summed E-state index contributed by atoms with van der Waals surface area (Å²) in [4.78, 5) is 24.8. The SMILES string of the molecule is CCC1C(=O)NCC(=O)N1c1cc(Br)ccc1F. The van der Waals surface area contributed by atoms with E-state index in [4.69, 9.17) is 0 Å². The molecule has 1 atom stereocenters. The van der Waals surface area contributed by atoms with E-state index in [1.807, 2.05) is 0 Å². The Balaban J connectivity index is 2.47. The number of nitrogens with zero attached hydrogens (tertiary/aromatic N) is 1. The summed E-state index contributed by atoms with van der Waals surface area (Å²) in [5, 5.41) is 2.50. The van der Waals surface area contributed by atoms with Crippen LogP contribution in [0.15, 0.2) is 22.7 Å². The molecule has 0 spiro atoms. The summed E-state index contributed by atoms with van der Waals surface area (Å²) in [5.74, 6) is -1.07. The zero-order valence-corrected chi connectivity index (χ0v) is 11.3. The summed E-state index contributed by atoms with van der Waals surface area (Å²) in [6.45, 7) is 1.69. The summed E-state index contributed by atoms with van der Waals surface area (Å²) in [5.41, 5.74) is 0.135. The number of halogens is 2. The summed E-state index contributed by atoms with van der Waals surface area (Å²) < 4.78 is 14.5. The standard InChI is InChI=1S/C12H12BrFN2O2/c1-2-9-12(18)15-6-11(17)16(9)10-5-7(13)3-4-8(10)14/h3-5,9H,2,6H2,1H3,(H,15,18). The molecule has 0 bridgehead atoms. The highest BCUT2D eigenvalue weighted by Crippen LogP contribution is 2.27. The molecule has 96 valence electrons. The van der Waals surface area contributed by atoms with Gasteiger partial charge < -0.3 is 5.32 Å². The lowest BCUT2D eigenvalue weighted by atomic mass is 10.1. The number of anilines is 1. The Morgan fingerprint density at radius 1 is 1.50 bits per heavy atom. The van der Waals surface area contributed by atoms with E-state index in [2.05, 4.69) is 21.2 Å². The van der Waals surface area contributed by atoms with Crippen molar-refractivity contribution in [2.45, 2.75) is 19.4 Å². The molecule has 1 heterocycles. The first kappa shape index (κ1) is 13.0. The van der Waals surface area contributed by atoms with Crippen LogP contribution in [0.25, 0.3) is 0 Å². The molecule has 1 aliphatic rings. The van der Waals surface area contributed by atoms with E-state index in [0.717, 1.165) is 0 Å². The van der Waals surface area contributed by atoms with Crippen molar-refractivity contribution in [3.05, 3.63) is 28.5 Å². The Kier molecular flexibility index (Phi) is 3.65. The second-order valence-corrected chi connectivity index (χ2v) is 4.92. The van der Waals surface area contributed by atoms with Crippen LogP contribution in [-0.4, -0.2) is 24.4 Å². The lowest BCUT2D eigenvalue weighted by molar-refractivity contribution is -0.131. The van der Waals surface area contributed by atoms with Gasteiger partial charge in [-0.05, 0) is 24.6 Å². The maximum absolute atomic E-state index is 13.8. The van der Waals surface area contributed by atoms with Crippen molar-refractivity contribution in [1.29, 1.82) is 0 Å². The van der Waals surface area contributed by atoms with Gasteiger partial charge in [-0.3, -0.25) is 14.5 Å². The van der Waals surface area contributed by atoms with Crippen molar-refractivity contribution in [3.8, 4) is 0 Å². The van der Waals surface area contributed by atoms with E-state index in [-0.39, 0.29) is 24.0 Å². The fourth-order valence-electron chi connectivity index (χ4n) is 2.00. The molecule has 1 aromatic rings. The largest absolute Gasteiger partial charge is 0.345 e. The van der Waals surface area contributed by atoms with E-state index in [1.165, 1.54) is 17.0 Å². The highest BCUT2D eigenvalue weighted by molar-refractivity contribution is 9.10. The molecule has 4 nitrogen and oxygen atoms in total. The minimum absolute atomic E-state index is 0.0959. The van der Waals surface area contributed by atoms with Gasteiger partial charge >= 0.3 is 0 Å². The minimum atomic E-state index is -0.657. The quantitative estimate of drug-likeness (QED) is 0.905. The number of hydrogen-bond donors (Lipinski definition) is 1. The lowest BCUT2D eigenvalue weighted by Gasteiger charge is -2.34. The average Bonchev–Trinajstić information content (AvgIpc) is 2.35. The van der Waals surface area contributed by atoms with E-state index < -0.39 is 11.9 Å². The molecule has 2 rings (SSSR count). The molecule has 0 aromatic heterocycles. The van der Waals surface area contributed by atoms with Crippen LogP contribution in [0.4, 0.5) is 10.1 Å². The molecular formula is C12H12BrFN2O2. The number of carbonyl (C=O) groups is 2. The van der Waals surface area contributed by atoms with Crippen LogP contribution in [0.1, 0.15) is 13.3 Å². The third-order valence-corrected chi connectivity index (χ3v) is 3.34. The van der Waals surface area contributed by atoms with Crippen LogP contribution in [0.3, 0.4) is 0 Å². The molecular weight excluding hydrogens is 303 g/mol. The highest BCUT2D eigenvalue weighted by Gasteiger charge is 2.35. The molecule has 1 fully saturated rings. The number of amides is 2. The van der Waals surface area contributed by atoms with Gasteiger partial charge in [0.2, 0.25) is 11.8 Å². The number of carbonyl (C=O) groups excluding carboxylic acids is 2. The fourth-order valence-corrected chi connectivity index (χ4v) is 2.35. The molecule has 1 saturated heterocycles. The van der Waals surface area contributed by atoms with Gasteiger partial charge in [-0.15, -0.1) is 0 Å². The predicted molar refractivity (Wildman–Crippen MR) is 68.7 cm³/mol. The van der Waals surface area contributed by atoms with Crippen molar-refractivity contribution in [1.82, 2.24) is 5.32 Å². The average molecular weight is 315 g/mol. The molecule has 6 heteroatoms. The van der Waals surface area contributed by atoms with Gasteiger partial charge in [0.1, 0.15) is 11.9 Å². The van der Waals surface area contributed by atoms with E-state index in [0.29, 0.717) is 10.9 Å². The Hall–Kier alpha value is -1.43. The molecule has 1 aliphatic heterocycles. The van der Waals surface area contributed by atoms with Gasteiger partial charge in [0.25, 0.3) is 0 Å². The van der Waals surface area contributed by atoms with Crippen LogP contribution in [-0.2, 0) is 9.59 Å². The number of hydrogen-bond acceptors (Lipinski definition) is 2. The van der Waals surface area contributed by atoms with Gasteiger partial charge in [-0.25, -0.2) is 4.39 Å². The second-order valence-electron chi connectivity index (χ2n) is 4.00. The summed E-state index contributed by atoms with van der Waals surface area (Å²) in [6, 6.07) is 3.67. The van der Waals surface area contributed by atoms with Crippen molar-refractivity contribution >= 4 is 33.4 Å². The first-order valence-corrected chi connectivity index (χ1v) is 6.38. The Labute approximate surface area is 112 Å². The molecule has 0 saturated carbocycles. The van der Waals surface area contributed by atoms with Gasteiger partial charge in [-0.2, -0.15) is 0 Å². The topological polar surface area (TPSA) is 49.4 Å². The maximum atomic E-state index is 13.8. The first-order chi connectivity index (χ1) is 8.54. The third-order valence-electron chi connectivity index (χ3n) is 2.85. The Morgan fingerprint density at radius 3 is 2.89 bits per heavy atom. The lowest BCUT2D eigenvalue weighted by Crippen LogP contribution is -2.58. The molecule has 1 N–H and O–H groups in total. The predicted octanol–water partition coefficient (Wildman–Crippen LogP) is 1.83. The van der Waals surface area contributed by atoms with E-state index in [9.17, 15) is 14.0 Å². The summed E-state index contributed by atoms with van der Waals surface area (Å²) >= 11 is 3.23. The smallest absolute Gasteiger partial charge is 0.247 e. The molecule has 1 unspecified atom stereocenters. The van der Waals surface area contributed by atoms with Gasteiger partial charge in [0, 0.05) is 4.47 Å². The summed E-state index contributed by atoms with van der Waals surface area (Å²) in [7, 11) is 0. The first-order valence-electron chi connectivity index (χ1n) is 5.59. The molecule has 0 aliphatic carbocycles. The van der Waals surface area contributed by atoms with Crippen molar-refractivity contribution in [2.75, 3.05) is 11.4 Å². The monoisotopic (exact) mass is 314 g/mol. The number of piperazine rings is 1. The van der Waals surface area contributed by atoms with Crippen LogP contribution in [0.2, 0.25) is 0 Å². The normalized spacial score (nSPS) is 19.9. The zero-order valence-electron chi connectivity index (χ0n) is 9.74. The van der Waals surface area contributed by atoms with Crippen LogP contribution in [0, 0.1) is 5.82 Å². The van der Waals surface area contributed by atoms with Crippen LogP contribution >= 0.6 is 15.9 Å². The van der Waals surface area contributed by atoms with Gasteiger partial charge in [0.05, 0.1) is 12.2 Å². The third kappa shape index (κ3) is 2.25. The zero-order chi connectivity index (χ0) is 13.3. The Bertz CT molecular complexity index is 507. The minimum Gasteiger partial charge on any atom is -0.345 e. The maximum Gasteiger partial charge on any atom is 0.247 e. The van der Waals surface area contributed by atoms with Crippen molar-refractivity contribution in [3.63, 3.8) is 0 Å². The number of benzene rings is 1. The van der Waals surface area contributed by atoms with Gasteiger partial charge in [0.15, 0.2) is 0 Å². The van der Waals surface area contributed by atoms with Gasteiger partial charge in [-0.1, -0.05) is 22.9 Å². The Morgan fingerprint density at radius 2 is 2.22 bits per heavy atom. The molecule has 1 aromatic carbocycles. The van der Waals surface area contributed by atoms with Crippen LogP contribution < -0.4 is 10.2 Å². The summed E-state index contributed by atoms with van der Waals surface area (Å²) in [6.07, 6.45) is 0.434. The van der Waals surface area contributed by atoms with E-state index >= 15 is 0 Å². The van der Waals surface area contributed by atoms with Crippen LogP contribution in [0.5, 0.6) is 0 Å². The second kappa shape index (κ2) is 5.06. The molecule has 0 radical (unpaired) electrons. The van der Waals surface area contributed by atoms with Crippen molar-refractivity contribution < 1.29 is 14.0 Å². The van der Waals surface area contributed by atoms with Crippen molar-refractivity contribution in [2.24, 2.45) is 0 Å². The highest BCUT2D eigenvalue weighted by atomic mass is 79.9. The fraction of sp³-hybridized carbons (Fsp3) is 0.333. The molecule has 2 amide bonds. The van der Waals surface area contributed by atoms with E-state index in [1.54, 1.807) is 13.0 Å². The molecule has 18 heavy (non-hydrogen) atoms. The number of rotatable bonds is 2.